The van der Waals surface area contributed by atoms with Gasteiger partial charge in [0, 0.05) is 10.9 Å². The summed E-state index contributed by atoms with van der Waals surface area (Å²) in [5.74, 6) is -1.30. The Kier molecular flexibility index (Phi) is 5.77. The zero-order valence-corrected chi connectivity index (χ0v) is 17.7. The molecule has 8 nitrogen and oxygen atoms in total. The van der Waals surface area contributed by atoms with Crippen molar-refractivity contribution < 1.29 is 27.5 Å². The average molecular weight is 474 g/mol. The molecule has 1 atom stereocenters. The van der Waals surface area contributed by atoms with E-state index in [1.54, 1.807) is 18.2 Å². The van der Waals surface area contributed by atoms with Crippen molar-refractivity contribution in [2.45, 2.75) is 31.7 Å². The van der Waals surface area contributed by atoms with E-state index in [0.717, 1.165) is 17.1 Å². The summed E-state index contributed by atoms with van der Waals surface area (Å²) >= 11 is 0. The van der Waals surface area contributed by atoms with Gasteiger partial charge in [0.05, 0.1) is 30.1 Å². The Morgan fingerprint density at radius 3 is 2.56 bits per heavy atom. The molecule has 3 heterocycles. The Morgan fingerprint density at radius 1 is 1.18 bits per heavy atom. The summed E-state index contributed by atoms with van der Waals surface area (Å²) in [6.45, 7) is 1.22. The Labute approximate surface area is 190 Å². The van der Waals surface area contributed by atoms with E-state index < -0.39 is 35.6 Å². The Hall–Kier alpha value is -3.93. The lowest BCUT2D eigenvalue weighted by Crippen LogP contribution is -2.42. The smallest absolute Gasteiger partial charge is 0.375 e. The summed E-state index contributed by atoms with van der Waals surface area (Å²) in [5.41, 5.74) is 3.52. The Morgan fingerprint density at radius 2 is 1.94 bits per heavy atom. The molecule has 12 heteroatoms. The maximum Gasteiger partial charge on any atom is 0.423 e. The third kappa shape index (κ3) is 4.19. The van der Waals surface area contributed by atoms with Crippen LogP contribution in [0.15, 0.2) is 48.8 Å². The second-order valence-electron chi connectivity index (χ2n) is 7.65. The van der Waals surface area contributed by atoms with Crippen LogP contribution in [0.1, 0.15) is 35.1 Å². The second-order valence-corrected chi connectivity index (χ2v) is 7.65. The Bertz CT molecular complexity index is 1370. The first-order chi connectivity index (χ1) is 16.0. The number of benzene rings is 1. The molecule has 34 heavy (non-hydrogen) atoms. The fraction of sp³-hybridized carbons (Fsp3) is 0.227. The van der Waals surface area contributed by atoms with E-state index in [-0.39, 0.29) is 12.2 Å². The Balaban J connectivity index is 1.73. The molecule has 3 N–H and O–H groups in total. The van der Waals surface area contributed by atoms with Crippen LogP contribution in [-0.4, -0.2) is 42.2 Å². The summed E-state index contributed by atoms with van der Waals surface area (Å²) < 4.78 is 54.4. The highest BCUT2D eigenvalue weighted by molar-refractivity contribution is 6.00. The van der Waals surface area contributed by atoms with Gasteiger partial charge in [-0.3, -0.25) is 9.78 Å². The van der Waals surface area contributed by atoms with Gasteiger partial charge in [-0.1, -0.05) is 24.3 Å². The normalized spacial score (nSPS) is 13.7. The first kappa shape index (κ1) is 23.2. The molecule has 4 rings (SSSR count). The van der Waals surface area contributed by atoms with Crippen molar-refractivity contribution in [2.24, 2.45) is 5.73 Å². The number of fused-ring (bicyclic) bond motifs is 1. The largest absolute Gasteiger partial charge is 0.423 e. The first-order valence-electron chi connectivity index (χ1n) is 10.1. The van der Waals surface area contributed by atoms with Gasteiger partial charge in [0.1, 0.15) is 17.2 Å². The van der Waals surface area contributed by atoms with Gasteiger partial charge in [-0.05, 0) is 36.2 Å². The summed E-state index contributed by atoms with van der Waals surface area (Å²) in [7, 11) is 0. The zero-order chi connectivity index (χ0) is 24.7. The number of rotatable bonds is 6. The molecule has 0 aliphatic rings. The van der Waals surface area contributed by atoms with Crippen LogP contribution >= 0.6 is 0 Å². The topological polar surface area (TPSA) is 120 Å². The number of primary amides is 1. The maximum atomic E-state index is 13.3. The molecule has 0 spiro atoms. The number of carbonyl (C=O) groups is 1. The van der Waals surface area contributed by atoms with Crippen molar-refractivity contribution >= 4 is 16.8 Å². The molecule has 0 fully saturated rings. The number of hydrogen-bond acceptors (Lipinski definition) is 6. The second kappa shape index (κ2) is 8.45. The molecule has 0 saturated carbocycles. The third-order valence-electron chi connectivity index (χ3n) is 5.42. The lowest BCUT2D eigenvalue weighted by molar-refractivity contribution is -0.269. The van der Waals surface area contributed by atoms with Crippen LogP contribution in [0.4, 0.5) is 17.6 Å². The van der Waals surface area contributed by atoms with E-state index in [2.05, 4.69) is 20.3 Å². The fourth-order valence-electron chi connectivity index (χ4n) is 3.52. The predicted molar refractivity (Wildman–Crippen MR) is 113 cm³/mol. The van der Waals surface area contributed by atoms with Crippen LogP contribution in [0.3, 0.4) is 0 Å². The molecular weight excluding hydrogens is 456 g/mol. The number of pyridine rings is 2. The quantitative estimate of drug-likeness (QED) is 0.414. The number of nitrogens with zero attached hydrogens (tertiary/aromatic N) is 5. The molecule has 0 aliphatic carbocycles. The minimum atomic E-state index is -4.91. The van der Waals surface area contributed by atoms with E-state index in [9.17, 15) is 27.5 Å². The van der Waals surface area contributed by atoms with Crippen LogP contribution in [-0.2, 0) is 12.1 Å². The van der Waals surface area contributed by atoms with Crippen LogP contribution in [0, 0.1) is 5.82 Å². The fourth-order valence-corrected chi connectivity index (χ4v) is 3.52. The highest BCUT2D eigenvalue weighted by Gasteiger charge is 2.55. The predicted octanol–water partition coefficient (Wildman–Crippen LogP) is 3.33. The summed E-state index contributed by atoms with van der Waals surface area (Å²) in [6, 6.07) is 9.14. The number of halogens is 4. The minimum absolute atomic E-state index is 0.0210. The zero-order valence-electron chi connectivity index (χ0n) is 17.7. The lowest BCUT2D eigenvalue weighted by Gasteiger charge is -2.26. The highest BCUT2D eigenvalue weighted by atomic mass is 19.4. The number of carbonyl (C=O) groups excluding carboxylic acids is 1. The summed E-state index contributed by atoms with van der Waals surface area (Å²) in [5, 5.41) is 17.9. The van der Waals surface area contributed by atoms with Gasteiger partial charge in [-0.2, -0.15) is 13.2 Å². The van der Waals surface area contributed by atoms with Gasteiger partial charge in [0.2, 0.25) is 5.60 Å². The summed E-state index contributed by atoms with van der Waals surface area (Å²) in [4.78, 5) is 20.1. The van der Waals surface area contributed by atoms with Gasteiger partial charge >= 0.3 is 6.18 Å². The molecular formula is C22H18F4N6O2. The van der Waals surface area contributed by atoms with Crippen molar-refractivity contribution in [3.05, 3.63) is 71.6 Å². The van der Waals surface area contributed by atoms with E-state index >= 15 is 0 Å². The van der Waals surface area contributed by atoms with Crippen molar-refractivity contribution in [3.8, 4) is 11.3 Å². The number of aliphatic hydroxyl groups is 1. The molecule has 0 bridgehead atoms. The molecule has 176 valence electrons. The number of hydrogen-bond donors (Lipinski definition) is 2. The molecule has 0 saturated heterocycles. The van der Waals surface area contributed by atoms with Gasteiger partial charge in [-0.25, -0.2) is 14.1 Å². The van der Waals surface area contributed by atoms with Crippen molar-refractivity contribution in [1.29, 1.82) is 0 Å². The molecule has 3 aromatic heterocycles. The minimum Gasteiger partial charge on any atom is -0.375 e. The van der Waals surface area contributed by atoms with E-state index in [4.69, 9.17) is 5.73 Å². The third-order valence-corrected chi connectivity index (χ3v) is 5.42. The van der Waals surface area contributed by atoms with Gasteiger partial charge in [0.25, 0.3) is 5.91 Å². The number of alkyl halides is 3. The van der Waals surface area contributed by atoms with Crippen LogP contribution in [0.5, 0.6) is 0 Å². The summed E-state index contributed by atoms with van der Waals surface area (Å²) in [6.07, 6.45) is -3.46. The van der Waals surface area contributed by atoms with E-state index in [1.807, 2.05) is 0 Å². The van der Waals surface area contributed by atoms with Crippen molar-refractivity contribution in [1.82, 2.24) is 25.0 Å². The molecule has 1 amide bonds. The van der Waals surface area contributed by atoms with Gasteiger partial charge in [-0.15, -0.1) is 5.10 Å². The molecule has 0 radical (unpaired) electrons. The van der Waals surface area contributed by atoms with Crippen molar-refractivity contribution in [3.63, 3.8) is 0 Å². The standard InChI is InChI=1S/C22H18F4N6O2/c1-2-21(34,22(24,25)26)19-11-32(31-30-19)10-12-3-5-14-15(16-6-4-13(23)9-28-16)8-18(20(27)33)29-17(14)7-12/h3-9,11,34H,2,10H2,1H3,(H2,27,33)/t21-/m0/s1. The van der Waals surface area contributed by atoms with E-state index in [1.165, 1.54) is 25.1 Å². The monoisotopic (exact) mass is 474 g/mol. The van der Waals surface area contributed by atoms with Crippen molar-refractivity contribution in [2.75, 3.05) is 0 Å². The number of aromatic nitrogens is 5. The molecule has 0 unspecified atom stereocenters. The lowest BCUT2D eigenvalue weighted by atomic mass is 9.96. The molecule has 1 aromatic carbocycles. The van der Waals surface area contributed by atoms with E-state index in [0.29, 0.717) is 27.7 Å². The maximum absolute atomic E-state index is 13.3. The average Bonchev–Trinajstić information content (AvgIpc) is 3.26. The van der Waals surface area contributed by atoms with Crippen LogP contribution in [0.2, 0.25) is 0 Å². The molecule has 4 aromatic rings. The van der Waals surface area contributed by atoms with Crippen LogP contribution in [0.25, 0.3) is 22.2 Å². The van der Waals surface area contributed by atoms with Crippen LogP contribution < -0.4 is 5.73 Å². The first-order valence-corrected chi connectivity index (χ1v) is 10.1. The van der Waals surface area contributed by atoms with Gasteiger partial charge < -0.3 is 10.8 Å². The number of nitrogens with two attached hydrogens (primary N) is 1. The highest BCUT2D eigenvalue weighted by Crippen LogP contribution is 2.40. The SMILES string of the molecule is CC[C@](O)(c1cn(Cc2ccc3c(-c4ccc(F)cn4)cc(C(N)=O)nc3c2)nn1)C(F)(F)F. The van der Waals surface area contributed by atoms with Gasteiger partial charge in [0.15, 0.2) is 0 Å². The molecule has 0 aliphatic heterocycles. The number of amides is 1.